The van der Waals surface area contributed by atoms with Gasteiger partial charge in [0.1, 0.15) is 23.3 Å². The van der Waals surface area contributed by atoms with Crippen LogP contribution in [0.3, 0.4) is 0 Å². The summed E-state index contributed by atoms with van der Waals surface area (Å²) in [5.74, 6) is 0.819. The second kappa shape index (κ2) is 14.0. The summed E-state index contributed by atoms with van der Waals surface area (Å²) >= 11 is 0. The number of anilines is 2. The summed E-state index contributed by atoms with van der Waals surface area (Å²) in [7, 11) is -2.20. The molecular formula is C28H32N4O7S. The maximum absolute atomic E-state index is 12.7. The highest BCUT2D eigenvalue weighted by atomic mass is 32.2. The number of hydrogen-bond donors (Lipinski definition) is 2. The molecule has 3 rings (SSSR count). The number of benzene rings is 3. The van der Waals surface area contributed by atoms with Crippen LogP contribution in [-0.2, 0) is 19.6 Å². The first-order valence-corrected chi connectivity index (χ1v) is 14.2. The van der Waals surface area contributed by atoms with E-state index in [0.29, 0.717) is 40.8 Å². The van der Waals surface area contributed by atoms with E-state index in [4.69, 9.17) is 14.2 Å². The average Bonchev–Trinajstić information content (AvgIpc) is 2.93. The van der Waals surface area contributed by atoms with Crippen LogP contribution < -0.4 is 29.3 Å². The van der Waals surface area contributed by atoms with E-state index >= 15 is 0 Å². The van der Waals surface area contributed by atoms with E-state index in [9.17, 15) is 18.0 Å². The van der Waals surface area contributed by atoms with Crippen LogP contribution in [0, 0.1) is 0 Å². The molecule has 0 spiro atoms. The zero-order valence-corrected chi connectivity index (χ0v) is 23.5. The second-order valence-corrected chi connectivity index (χ2v) is 10.4. The highest BCUT2D eigenvalue weighted by Gasteiger charge is 2.29. The summed E-state index contributed by atoms with van der Waals surface area (Å²) < 4.78 is 41.9. The molecule has 2 amide bonds. The molecule has 0 aliphatic heterocycles. The monoisotopic (exact) mass is 568 g/mol. The lowest BCUT2D eigenvalue weighted by Gasteiger charge is -2.27. The fraction of sp³-hybridized carbons (Fsp3) is 0.250. The van der Waals surface area contributed by atoms with Gasteiger partial charge in [0.2, 0.25) is 10.0 Å². The quantitative estimate of drug-likeness (QED) is 0.238. The number of rotatable bonds is 13. The molecule has 3 aromatic carbocycles. The molecular weight excluding hydrogens is 536 g/mol. The van der Waals surface area contributed by atoms with Gasteiger partial charge in [0, 0.05) is 5.69 Å². The molecule has 0 bridgehead atoms. The number of carbonyl (C=O) groups excluding carboxylic acids is 2. The van der Waals surface area contributed by atoms with Gasteiger partial charge in [-0.15, -0.1) is 0 Å². The SMILES string of the molecule is CCOc1ccc(N([C@@H](C)C(=O)N/N=C\c2ccc(OCC(=O)Nc3ccc(OC)cc3)cc2)S(C)(=O)=O)cc1. The number of hydrogen-bond acceptors (Lipinski definition) is 8. The normalized spacial score (nSPS) is 11.9. The van der Waals surface area contributed by atoms with E-state index in [0.717, 1.165) is 10.6 Å². The fourth-order valence-electron chi connectivity index (χ4n) is 3.60. The molecule has 212 valence electrons. The van der Waals surface area contributed by atoms with Crippen LogP contribution in [0.15, 0.2) is 77.9 Å². The highest BCUT2D eigenvalue weighted by Crippen LogP contribution is 2.24. The fourth-order valence-corrected chi connectivity index (χ4v) is 4.77. The van der Waals surface area contributed by atoms with Crippen molar-refractivity contribution >= 4 is 39.4 Å². The number of nitrogens with one attached hydrogen (secondary N) is 2. The van der Waals surface area contributed by atoms with Crippen molar-refractivity contribution in [2.75, 3.05) is 36.2 Å². The first kappa shape index (κ1) is 30.0. The van der Waals surface area contributed by atoms with Crippen molar-refractivity contribution in [3.63, 3.8) is 0 Å². The van der Waals surface area contributed by atoms with Gasteiger partial charge in [-0.25, -0.2) is 13.8 Å². The van der Waals surface area contributed by atoms with Crippen molar-refractivity contribution in [3.05, 3.63) is 78.4 Å². The summed E-state index contributed by atoms with van der Waals surface area (Å²) in [5.41, 5.74) is 3.97. The Morgan fingerprint density at radius 2 is 1.50 bits per heavy atom. The Bertz CT molecular complexity index is 1410. The van der Waals surface area contributed by atoms with Gasteiger partial charge in [0.15, 0.2) is 6.61 Å². The zero-order chi connectivity index (χ0) is 29.1. The lowest BCUT2D eigenvalue weighted by Crippen LogP contribution is -2.46. The third kappa shape index (κ3) is 8.73. The van der Waals surface area contributed by atoms with Crippen molar-refractivity contribution in [1.29, 1.82) is 0 Å². The van der Waals surface area contributed by atoms with Crippen LogP contribution in [0.4, 0.5) is 11.4 Å². The maximum atomic E-state index is 12.7. The van der Waals surface area contributed by atoms with Crippen molar-refractivity contribution < 1.29 is 32.2 Å². The Morgan fingerprint density at radius 1 is 0.925 bits per heavy atom. The molecule has 0 saturated carbocycles. The molecule has 1 atom stereocenters. The van der Waals surface area contributed by atoms with Crippen molar-refractivity contribution in [2.24, 2.45) is 5.10 Å². The number of nitrogens with zero attached hydrogens (tertiary/aromatic N) is 2. The number of ether oxygens (including phenoxy) is 3. The summed E-state index contributed by atoms with van der Waals surface area (Å²) in [6, 6.07) is 19.0. The van der Waals surface area contributed by atoms with Gasteiger partial charge < -0.3 is 19.5 Å². The Labute approximate surface area is 233 Å². The molecule has 0 saturated heterocycles. The lowest BCUT2D eigenvalue weighted by molar-refractivity contribution is -0.121. The van der Waals surface area contributed by atoms with Gasteiger partial charge in [-0.3, -0.25) is 13.9 Å². The highest BCUT2D eigenvalue weighted by molar-refractivity contribution is 7.92. The van der Waals surface area contributed by atoms with Crippen LogP contribution in [0.2, 0.25) is 0 Å². The molecule has 2 N–H and O–H groups in total. The number of sulfonamides is 1. The average molecular weight is 569 g/mol. The maximum Gasteiger partial charge on any atom is 0.263 e. The van der Waals surface area contributed by atoms with Gasteiger partial charge in [-0.1, -0.05) is 0 Å². The Morgan fingerprint density at radius 3 is 2.08 bits per heavy atom. The predicted molar refractivity (Wildman–Crippen MR) is 154 cm³/mol. The second-order valence-electron chi connectivity index (χ2n) is 8.53. The number of methoxy groups -OCH3 is 1. The summed E-state index contributed by atoms with van der Waals surface area (Å²) in [4.78, 5) is 24.8. The van der Waals surface area contributed by atoms with Crippen LogP contribution >= 0.6 is 0 Å². The molecule has 12 heteroatoms. The molecule has 0 radical (unpaired) electrons. The Kier molecular flexibility index (Phi) is 10.5. The standard InChI is InChI=1S/C28H32N4O7S/c1-5-38-25-16-10-23(11-17-25)32(40(4,35)36)20(2)28(34)31-29-18-21-6-12-26(13-7-21)39-19-27(33)30-22-8-14-24(37-3)15-9-22/h6-18,20H,5,19H2,1-4H3,(H,30,33)(H,31,34)/b29-18-/t20-/m0/s1. The van der Waals surface area contributed by atoms with Crippen LogP contribution in [-0.4, -0.2) is 59.1 Å². The van der Waals surface area contributed by atoms with E-state index in [1.165, 1.54) is 13.1 Å². The van der Waals surface area contributed by atoms with Gasteiger partial charge in [0.25, 0.3) is 11.8 Å². The van der Waals surface area contributed by atoms with E-state index in [1.807, 2.05) is 6.92 Å². The molecule has 0 aliphatic carbocycles. The van der Waals surface area contributed by atoms with E-state index in [2.05, 4.69) is 15.8 Å². The molecule has 40 heavy (non-hydrogen) atoms. The minimum atomic E-state index is -3.77. The number of hydrazone groups is 1. The van der Waals surface area contributed by atoms with Gasteiger partial charge >= 0.3 is 0 Å². The van der Waals surface area contributed by atoms with Crippen LogP contribution in [0.1, 0.15) is 19.4 Å². The van der Waals surface area contributed by atoms with E-state index in [1.54, 1.807) is 79.9 Å². The smallest absolute Gasteiger partial charge is 0.263 e. The van der Waals surface area contributed by atoms with Gasteiger partial charge in [-0.05, 0) is 92.2 Å². The van der Waals surface area contributed by atoms with Crippen molar-refractivity contribution in [1.82, 2.24) is 5.43 Å². The van der Waals surface area contributed by atoms with Crippen molar-refractivity contribution in [3.8, 4) is 17.2 Å². The molecule has 3 aromatic rings. The van der Waals surface area contributed by atoms with E-state index in [-0.39, 0.29) is 12.5 Å². The Hall–Kier alpha value is -4.58. The zero-order valence-electron chi connectivity index (χ0n) is 22.7. The first-order valence-electron chi connectivity index (χ1n) is 12.3. The summed E-state index contributed by atoms with van der Waals surface area (Å²) in [5, 5.41) is 6.67. The topological polar surface area (TPSA) is 136 Å². The van der Waals surface area contributed by atoms with Crippen LogP contribution in [0.5, 0.6) is 17.2 Å². The predicted octanol–water partition coefficient (Wildman–Crippen LogP) is 3.42. The third-order valence-corrected chi connectivity index (χ3v) is 6.74. The molecule has 0 aliphatic rings. The lowest BCUT2D eigenvalue weighted by atomic mass is 10.2. The summed E-state index contributed by atoms with van der Waals surface area (Å²) in [6.07, 6.45) is 2.44. The molecule has 11 nitrogen and oxygen atoms in total. The molecule has 0 heterocycles. The molecule has 0 aromatic heterocycles. The number of carbonyl (C=O) groups is 2. The minimum absolute atomic E-state index is 0.182. The van der Waals surface area contributed by atoms with Crippen LogP contribution in [0.25, 0.3) is 0 Å². The molecule has 0 fully saturated rings. The van der Waals surface area contributed by atoms with Crippen molar-refractivity contribution in [2.45, 2.75) is 19.9 Å². The largest absolute Gasteiger partial charge is 0.497 e. The third-order valence-electron chi connectivity index (χ3n) is 5.50. The van der Waals surface area contributed by atoms with E-state index < -0.39 is 22.0 Å². The molecule has 0 unspecified atom stereocenters. The van der Waals surface area contributed by atoms with Gasteiger partial charge in [0.05, 0.1) is 31.9 Å². The van der Waals surface area contributed by atoms with Gasteiger partial charge in [-0.2, -0.15) is 5.10 Å². The number of amides is 2. The first-order chi connectivity index (χ1) is 19.1. The Balaban J connectivity index is 1.52. The summed E-state index contributed by atoms with van der Waals surface area (Å²) in [6.45, 7) is 3.61. The minimum Gasteiger partial charge on any atom is -0.497 e.